The normalized spacial score (nSPS) is 15.2. The van der Waals surface area contributed by atoms with Crippen LogP contribution in [0.4, 0.5) is 11.6 Å². The monoisotopic (exact) mass is 339 g/mol. The number of anilines is 2. The number of carbonyl (C=O) groups is 1. The van der Waals surface area contributed by atoms with Crippen molar-refractivity contribution >= 4 is 17.5 Å². The average Bonchev–Trinajstić information content (AvgIpc) is 2.65. The summed E-state index contributed by atoms with van der Waals surface area (Å²) in [5.74, 6) is 0.425. The molecule has 25 heavy (non-hydrogen) atoms. The first-order valence-electron chi connectivity index (χ1n) is 8.76. The first-order chi connectivity index (χ1) is 12.1. The molecular formula is C19H25N5O. The molecule has 2 aromatic rings. The molecule has 0 radical (unpaired) electrons. The maximum Gasteiger partial charge on any atom is 0.274 e. The van der Waals surface area contributed by atoms with Crippen LogP contribution in [0.15, 0.2) is 30.5 Å². The number of amides is 1. The molecule has 1 N–H and O–H groups in total. The van der Waals surface area contributed by atoms with Gasteiger partial charge in [-0.1, -0.05) is 19.1 Å². The number of hydrogen-bond acceptors (Lipinski definition) is 5. The highest BCUT2D eigenvalue weighted by molar-refractivity contribution is 6.03. The molecule has 3 rings (SSSR count). The van der Waals surface area contributed by atoms with Gasteiger partial charge in [-0.15, -0.1) is 0 Å². The smallest absolute Gasteiger partial charge is 0.274 e. The molecule has 1 aromatic carbocycles. The minimum absolute atomic E-state index is 0.204. The molecule has 0 atom stereocenters. The van der Waals surface area contributed by atoms with Crippen LogP contribution in [-0.4, -0.2) is 53.5 Å². The molecule has 1 aliphatic rings. The second-order valence-corrected chi connectivity index (χ2v) is 6.36. The van der Waals surface area contributed by atoms with Gasteiger partial charge in [0.15, 0.2) is 0 Å². The van der Waals surface area contributed by atoms with Crippen LogP contribution in [-0.2, 0) is 0 Å². The number of nitrogens with zero attached hydrogens (tertiary/aromatic N) is 4. The molecule has 1 aromatic heterocycles. The Hall–Kier alpha value is -2.47. The van der Waals surface area contributed by atoms with Crippen molar-refractivity contribution in [2.75, 3.05) is 42.9 Å². The molecule has 0 saturated carbocycles. The van der Waals surface area contributed by atoms with Crippen molar-refractivity contribution in [3.05, 3.63) is 47.3 Å². The molecule has 1 fully saturated rings. The zero-order chi connectivity index (χ0) is 17.8. The van der Waals surface area contributed by atoms with Crippen LogP contribution >= 0.6 is 0 Å². The fraction of sp³-hybridized carbons (Fsp3) is 0.421. The highest BCUT2D eigenvalue weighted by Crippen LogP contribution is 2.19. The fourth-order valence-corrected chi connectivity index (χ4v) is 2.96. The van der Waals surface area contributed by atoms with Gasteiger partial charge in [-0.2, -0.15) is 0 Å². The summed E-state index contributed by atoms with van der Waals surface area (Å²) >= 11 is 0. The van der Waals surface area contributed by atoms with Crippen LogP contribution in [0.3, 0.4) is 0 Å². The third kappa shape index (κ3) is 3.96. The van der Waals surface area contributed by atoms with Crippen molar-refractivity contribution in [3.63, 3.8) is 0 Å². The van der Waals surface area contributed by atoms with Crippen molar-refractivity contribution in [1.82, 2.24) is 14.9 Å². The quantitative estimate of drug-likeness (QED) is 0.927. The summed E-state index contributed by atoms with van der Waals surface area (Å²) in [4.78, 5) is 26.0. The van der Waals surface area contributed by atoms with E-state index in [1.54, 1.807) is 12.3 Å². The lowest BCUT2D eigenvalue weighted by molar-refractivity contribution is 0.102. The Labute approximate surface area is 148 Å². The van der Waals surface area contributed by atoms with Gasteiger partial charge in [0.05, 0.1) is 0 Å². The molecule has 6 heteroatoms. The first-order valence-corrected chi connectivity index (χ1v) is 8.76. The van der Waals surface area contributed by atoms with Gasteiger partial charge in [-0.3, -0.25) is 4.79 Å². The number of carbonyl (C=O) groups excluding carboxylic acids is 1. The Balaban J connectivity index is 1.73. The number of piperazine rings is 1. The van der Waals surface area contributed by atoms with Gasteiger partial charge in [-0.25, -0.2) is 9.97 Å². The maximum absolute atomic E-state index is 12.6. The Morgan fingerprint density at radius 3 is 2.64 bits per heavy atom. The van der Waals surface area contributed by atoms with Crippen molar-refractivity contribution in [3.8, 4) is 0 Å². The van der Waals surface area contributed by atoms with Crippen molar-refractivity contribution in [2.45, 2.75) is 20.8 Å². The second-order valence-electron chi connectivity index (χ2n) is 6.36. The third-order valence-corrected chi connectivity index (χ3v) is 4.83. The molecule has 0 unspecified atom stereocenters. The largest absolute Gasteiger partial charge is 0.338 e. The molecule has 1 amide bonds. The predicted molar refractivity (Wildman–Crippen MR) is 100 cm³/mol. The Morgan fingerprint density at radius 1 is 1.16 bits per heavy atom. The van der Waals surface area contributed by atoms with E-state index in [9.17, 15) is 4.79 Å². The Kier molecular flexibility index (Phi) is 5.28. The summed E-state index contributed by atoms with van der Waals surface area (Å²) in [5, 5.41) is 2.96. The minimum Gasteiger partial charge on any atom is -0.338 e. The lowest BCUT2D eigenvalue weighted by Crippen LogP contribution is -2.46. The molecule has 0 bridgehead atoms. The van der Waals surface area contributed by atoms with Crippen LogP contribution in [0.5, 0.6) is 0 Å². The van der Waals surface area contributed by atoms with Gasteiger partial charge in [0.2, 0.25) is 5.95 Å². The number of likely N-dealkylation sites (N-methyl/N-ethyl adjacent to an activating group) is 1. The van der Waals surface area contributed by atoms with E-state index in [2.05, 4.69) is 32.0 Å². The molecular weight excluding hydrogens is 314 g/mol. The maximum atomic E-state index is 12.6. The number of nitrogens with one attached hydrogen (secondary N) is 1. The van der Waals surface area contributed by atoms with Gasteiger partial charge >= 0.3 is 0 Å². The summed E-state index contributed by atoms with van der Waals surface area (Å²) in [6, 6.07) is 7.54. The van der Waals surface area contributed by atoms with Crippen molar-refractivity contribution in [2.24, 2.45) is 0 Å². The average molecular weight is 339 g/mol. The number of aromatic nitrogens is 2. The van der Waals surface area contributed by atoms with Gasteiger partial charge < -0.3 is 15.1 Å². The number of aryl methyl sites for hydroxylation is 1. The van der Waals surface area contributed by atoms with E-state index in [0.717, 1.165) is 49.5 Å². The van der Waals surface area contributed by atoms with Crippen LogP contribution in [0.1, 0.15) is 28.5 Å². The first kappa shape index (κ1) is 17.4. The minimum atomic E-state index is -0.204. The predicted octanol–water partition coefficient (Wildman–Crippen LogP) is 2.49. The number of hydrogen-bond donors (Lipinski definition) is 1. The highest BCUT2D eigenvalue weighted by Gasteiger charge is 2.19. The number of rotatable bonds is 4. The molecule has 0 spiro atoms. The van der Waals surface area contributed by atoms with Crippen molar-refractivity contribution < 1.29 is 4.79 Å². The topological polar surface area (TPSA) is 61.4 Å². The third-order valence-electron chi connectivity index (χ3n) is 4.83. The van der Waals surface area contributed by atoms with Crippen LogP contribution in [0.25, 0.3) is 0 Å². The standard InChI is InChI=1S/C19H25N5O/c1-4-23-10-12-24(13-11-23)19-20-9-8-17(22-19)18(25)21-16-7-5-6-14(2)15(16)3/h5-9H,4,10-13H2,1-3H3,(H,21,25). The molecule has 132 valence electrons. The van der Waals surface area contributed by atoms with E-state index in [-0.39, 0.29) is 5.91 Å². The van der Waals surface area contributed by atoms with E-state index in [4.69, 9.17) is 0 Å². The van der Waals surface area contributed by atoms with Crippen LogP contribution < -0.4 is 10.2 Å². The summed E-state index contributed by atoms with van der Waals surface area (Å²) in [5.41, 5.74) is 3.43. The lowest BCUT2D eigenvalue weighted by Gasteiger charge is -2.34. The molecule has 2 heterocycles. The summed E-state index contributed by atoms with van der Waals surface area (Å²) in [6.07, 6.45) is 1.66. The SMILES string of the molecule is CCN1CCN(c2nccc(C(=O)Nc3cccc(C)c3C)n2)CC1. The molecule has 1 aliphatic heterocycles. The molecule has 1 saturated heterocycles. The Bertz CT molecular complexity index is 753. The van der Waals surface area contributed by atoms with E-state index in [0.29, 0.717) is 11.6 Å². The zero-order valence-corrected chi connectivity index (χ0v) is 15.1. The van der Waals surface area contributed by atoms with E-state index in [1.165, 1.54) is 0 Å². The van der Waals surface area contributed by atoms with Gasteiger partial charge in [0, 0.05) is 38.1 Å². The summed E-state index contributed by atoms with van der Waals surface area (Å²) < 4.78 is 0. The van der Waals surface area contributed by atoms with Crippen LogP contribution in [0.2, 0.25) is 0 Å². The highest BCUT2D eigenvalue weighted by atomic mass is 16.1. The second kappa shape index (κ2) is 7.61. The molecule has 0 aliphatic carbocycles. The van der Waals surface area contributed by atoms with Gasteiger partial charge in [-0.05, 0) is 43.7 Å². The van der Waals surface area contributed by atoms with E-state index < -0.39 is 0 Å². The summed E-state index contributed by atoms with van der Waals surface area (Å²) in [6.45, 7) is 11.0. The van der Waals surface area contributed by atoms with E-state index >= 15 is 0 Å². The van der Waals surface area contributed by atoms with Gasteiger partial charge in [0.1, 0.15) is 5.69 Å². The fourth-order valence-electron chi connectivity index (χ4n) is 2.96. The zero-order valence-electron chi connectivity index (χ0n) is 15.1. The summed E-state index contributed by atoms with van der Waals surface area (Å²) in [7, 11) is 0. The Morgan fingerprint density at radius 2 is 1.92 bits per heavy atom. The van der Waals surface area contributed by atoms with E-state index in [1.807, 2.05) is 32.0 Å². The van der Waals surface area contributed by atoms with Crippen molar-refractivity contribution in [1.29, 1.82) is 0 Å². The lowest BCUT2D eigenvalue weighted by atomic mass is 10.1. The van der Waals surface area contributed by atoms with Crippen LogP contribution in [0, 0.1) is 13.8 Å². The number of benzene rings is 1. The molecule has 6 nitrogen and oxygen atoms in total. The van der Waals surface area contributed by atoms with Gasteiger partial charge in [0.25, 0.3) is 5.91 Å².